The molecule has 8 heteroatoms. The molecular formula is C15H23N5O3. The lowest BCUT2D eigenvalue weighted by atomic mass is 10.2. The van der Waals surface area contributed by atoms with Gasteiger partial charge in [0.2, 0.25) is 5.89 Å². The van der Waals surface area contributed by atoms with Gasteiger partial charge in [0, 0.05) is 33.2 Å². The highest BCUT2D eigenvalue weighted by molar-refractivity contribution is 5.13. The van der Waals surface area contributed by atoms with Crippen molar-refractivity contribution >= 4 is 0 Å². The van der Waals surface area contributed by atoms with Crippen molar-refractivity contribution in [2.75, 3.05) is 20.3 Å². The Kier molecular flexibility index (Phi) is 5.04. The summed E-state index contributed by atoms with van der Waals surface area (Å²) >= 11 is 0. The maximum absolute atomic E-state index is 9.69. The molecule has 1 atom stereocenters. The highest BCUT2D eigenvalue weighted by atomic mass is 16.5. The minimum Gasteiger partial charge on any atom is -0.387 e. The maximum atomic E-state index is 9.69. The lowest BCUT2D eigenvalue weighted by Crippen LogP contribution is -2.23. The van der Waals surface area contributed by atoms with Gasteiger partial charge in [-0.05, 0) is 19.4 Å². The van der Waals surface area contributed by atoms with Crippen LogP contribution in [0.25, 0.3) is 0 Å². The zero-order valence-electron chi connectivity index (χ0n) is 13.6. The van der Waals surface area contributed by atoms with Crippen LogP contribution in [0.5, 0.6) is 0 Å². The molecule has 1 N–H and O–H groups in total. The molecule has 0 unspecified atom stereocenters. The summed E-state index contributed by atoms with van der Waals surface area (Å²) < 4.78 is 12.3. The van der Waals surface area contributed by atoms with Crippen LogP contribution in [0.3, 0.4) is 0 Å². The van der Waals surface area contributed by atoms with E-state index in [0.29, 0.717) is 31.3 Å². The van der Waals surface area contributed by atoms with E-state index in [4.69, 9.17) is 9.26 Å². The molecule has 8 nitrogen and oxygen atoms in total. The Morgan fingerprint density at radius 1 is 1.43 bits per heavy atom. The lowest BCUT2D eigenvalue weighted by Gasteiger charge is -2.16. The number of aliphatic hydroxyl groups is 1. The molecule has 0 amide bonds. The maximum Gasteiger partial charge on any atom is 0.240 e. The average Bonchev–Trinajstić information content (AvgIpc) is 3.08. The van der Waals surface area contributed by atoms with E-state index in [0.717, 1.165) is 37.4 Å². The molecule has 3 rings (SSSR count). The standard InChI is InChI=1S/C15H23N5O3/c1-11(21)13-8-12-9-19(5-3-6-20(12)17-13)10-15-16-14(18-23-15)4-7-22-2/h8,11,21H,3-7,9-10H2,1-2H3/t11-/m1/s1. The van der Waals surface area contributed by atoms with E-state index in [1.54, 1.807) is 14.0 Å². The van der Waals surface area contributed by atoms with Crippen molar-refractivity contribution in [3.05, 3.63) is 29.2 Å². The van der Waals surface area contributed by atoms with Crippen LogP contribution >= 0.6 is 0 Å². The van der Waals surface area contributed by atoms with Gasteiger partial charge in [0.05, 0.1) is 30.6 Å². The number of rotatable bonds is 6. The van der Waals surface area contributed by atoms with Crippen LogP contribution in [-0.4, -0.2) is 50.2 Å². The smallest absolute Gasteiger partial charge is 0.240 e. The molecule has 0 saturated carbocycles. The van der Waals surface area contributed by atoms with E-state index >= 15 is 0 Å². The third kappa shape index (κ3) is 3.95. The Bertz CT molecular complexity index is 637. The predicted octanol–water partition coefficient (Wildman–Crippen LogP) is 0.914. The van der Waals surface area contributed by atoms with Gasteiger partial charge < -0.3 is 14.4 Å². The van der Waals surface area contributed by atoms with Crippen molar-refractivity contribution in [3.8, 4) is 0 Å². The first-order valence-corrected chi connectivity index (χ1v) is 7.93. The average molecular weight is 321 g/mol. The largest absolute Gasteiger partial charge is 0.387 e. The van der Waals surface area contributed by atoms with Crippen molar-refractivity contribution in [3.63, 3.8) is 0 Å². The molecule has 0 fully saturated rings. The highest BCUT2D eigenvalue weighted by Gasteiger charge is 2.20. The van der Waals surface area contributed by atoms with Crippen LogP contribution in [-0.2, 0) is 30.8 Å². The second-order valence-electron chi connectivity index (χ2n) is 5.87. The summed E-state index contributed by atoms with van der Waals surface area (Å²) in [5, 5.41) is 18.1. The lowest BCUT2D eigenvalue weighted by molar-refractivity contribution is 0.192. The Hall–Kier alpha value is -1.77. The number of aromatic nitrogens is 4. The van der Waals surface area contributed by atoms with Crippen LogP contribution in [0, 0.1) is 0 Å². The number of hydrogen-bond donors (Lipinski definition) is 1. The number of ether oxygens (including phenoxy) is 1. The van der Waals surface area contributed by atoms with E-state index < -0.39 is 6.10 Å². The van der Waals surface area contributed by atoms with Gasteiger partial charge in [-0.1, -0.05) is 5.16 Å². The molecule has 126 valence electrons. The fourth-order valence-corrected chi connectivity index (χ4v) is 2.73. The summed E-state index contributed by atoms with van der Waals surface area (Å²) in [6.07, 6.45) is 1.12. The summed E-state index contributed by atoms with van der Waals surface area (Å²) in [5.41, 5.74) is 1.83. The fourth-order valence-electron chi connectivity index (χ4n) is 2.73. The first-order chi connectivity index (χ1) is 11.2. The van der Waals surface area contributed by atoms with Gasteiger partial charge in [-0.3, -0.25) is 9.58 Å². The van der Waals surface area contributed by atoms with Gasteiger partial charge in [-0.2, -0.15) is 10.1 Å². The topological polar surface area (TPSA) is 89.4 Å². The van der Waals surface area contributed by atoms with Gasteiger partial charge >= 0.3 is 0 Å². The molecule has 0 bridgehead atoms. The normalized spacial score (nSPS) is 17.0. The third-order valence-corrected chi connectivity index (χ3v) is 3.94. The Morgan fingerprint density at radius 3 is 3.09 bits per heavy atom. The first kappa shape index (κ1) is 16.1. The summed E-state index contributed by atoms with van der Waals surface area (Å²) in [5.74, 6) is 1.30. The molecule has 2 aromatic heterocycles. The SMILES string of the molecule is COCCc1noc(CN2CCCn3nc([C@@H](C)O)cc3C2)n1. The summed E-state index contributed by atoms with van der Waals surface area (Å²) in [6.45, 7) is 5.51. The van der Waals surface area contributed by atoms with E-state index in [2.05, 4.69) is 20.1 Å². The Morgan fingerprint density at radius 2 is 2.30 bits per heavy atom. The molecule has 0 radical (unpaired) electrons. The van der Waals surface area contributed by atoms with Crippen molar-refractivity contribution in [1.29, 1.82) is 0 Å². The van der Waals surface area contributed by atoms with Crippen molar-refractivity contribution in [1.82, 2.24) is 24.8 Å². The van der Waals surface area contributed by atoms with Gasteiger partial charge in [-0.15, -0.1) is 0 Å². The van der Waals surface area contributed by atoms with Gasteiger partial charge in [0.25, 0.3) is 0 Å². The molecule has 0 spiro atoms. The van der Waals surface area contributed by atoms with E-state index in [1.165, 1.54) is 0 Å². The van der Waals surface area contributed by atoms with E-state index in [1.807, 2.05) is 10.7 Å². The van der Waals surface area contributed by atoms with E-state index in [9.17, 15) is 5.11 Å². The summed E-state index contributed by atoms with van der Waals surface area (Å²) in [6, 6.07) is 1.97. The molecule has 23 heavy (non-hydrogen) atoms. The first-order valence-electron chi connectivity index (χ1n) is 7.93. The summed E-state index contributed by atoms with van der Waals surface area (Å²) in [4.78, 5) is 6.66. The monoisotopic (exact) mass is 321 g/mol. The molecule has 1 aliphatic heterocycles. The number of aliphatic hydroxyl groups excluding tert-OH is 1. The van der Waals surface area contributed by atoms with Crippen LogP contribution in [0.1, 0.15) is 42.6 Å². The highest BCUT2D eigenvalue weighted by Crippen LogP contribution is 2.19. The quantitative estimate of drug-likeness (QED) is 0.846. The minimum atomic E-state index is -0.540. The number of hydrogen-bond acceptors (Lipinski definition) is 7. The second kappa shape index (κ2) is 7.20. The number of nitrogens with zero attached hydrogens (tertiary/aromatic N) is 5. The minimum absolute atomic E-state index is 0.540. The van der Waals surface area contributed by atoms with Crippen LogP contribution in [0.2, 0.25) is 0 Å². The van der Waals surface area contributed by atoms with Gasteiger partial charge in [0.1, 0.15) is 0 Å². The molecule has 0 aromatic carbocycles. The zero-order valence-corrected chi connectivity index (χ0v) is 13.6. The molecule has 0 aliphatic carbocycles. The summed E-state index contributed by atoms with van der Waals surface area (Å²) in [7, 11) is 1.66. The fraction of sp³-hybridized carbons (Fsp3) is 0.667. The molecule has 1 aliphatic rings. The van der Waals surface area contributed by atoms with Crippen LogP contribution in [0.4, 0.5) is 0 Å². The molecular weight excluding hydrogens is 298 g/mol. The van der Waals surface area contributed by atoms with Crippen molar-refractivity contribution in [2.45, 2.75) is 45.5 Å². The van der Waals surface area contributed by atoms with Crippen LogP contribution in [0.15, 0.2) is 10.6 Å². The molecule has 3 heterocycles. The number of fused-ring (bicyclic) bond motifs is 1. The predicted molar refractivity (Wildman–Crippen MR) is 81.5 cm³/mol. The van der Waals surface area contributed by atoms with Gasteiger partial charge in [0.15, 0.2) is 5.82 Å². The van der Waals surface area contributed by atoms with E-state index in [-0.39, 0.29) is 0 Å². The van der Waals surface area contributed by atoms with Crippen molar-refractivity contribution in [2.24, 2.45) is 0 Å². The number of methoxy groups -OCH3 is 1. The molecule has 0 saturated heterocycles. The molecule has 2 aromatic rings. The van der Waals surface area contributed by atoms with Gasteiger partial charge in [-0.25, -0.2) is 0 Å². The third-order valence-electron chi connectivity index (χ3n) is 3.94. The number of aryl methyl sites for hydroxylation is 1. The Balaban J connectivity index is 1.65. The zero-order chi connectivity index (χ0) is 16.2. The van der Waals surface area contributed by atoms with Crippen LogP contribution < -0.4 is 0 Å². The second-order valence-corrected chi connectivity index (χ2v) is 5.87. The Labute approximate surface area is 135 Å². The van der Waals surface area contributed by atoms with Crippen molar-refractivity contribution < 1.29 is 14.4 Å².